The fourth-order valence-corrected chi connectivity index (χ4v) is 1.64. The summed E-state index contributed by atoms with van der Waals surface area (Å²) in [6.45, 7) is 2.75. The van der Waals surface area contributed by atoms with E-state index in [4.69, 9.17) is 4.74 Å². The predicted octanol–water partition coefficient (Wildman–Crippen LogP) is 0.905. The average Bonchev–Trinajstić information content (AvgIpc) is 2.30. The molecule has 16 heavy (non-hydrogen) atoms. The fraction of sp³-hybridized carbons (Fsp3) is 0.455. The van der Waals surface area contributed by atoms with Crippen molar-refractivity contribution in [2.24, 2.45) is 0 Å². The van der Waals surface area contributed by atoms with Crippen molar-refractivity contribution < 1.29 is 13.5 Å². The Bertz CT molecular complexity index is 334. The maximum Gasteiger partial charge on any atom is 0.190 e. The topological polar surface area (TPSA) is 33.3 Å². The van der Waals surface area contributed by atoms with Crippen molar-refractivity contribution in [3.05, 3.63) is 29.8 Å². The van der Waals surface area contributed by atoms with Crippen LogP contribution in [-0.4, -0.2) is 32.3 Å². The molecule has 1 heterocycles. The van der Waals surface area contributed by atoms with Gasteiger partial charge in [-0.3, -0.25) is 0 Å². The first-order valence-corrected chi connectivity index (χ1v) is 5.28. The number of rotatable bonds is 3. The molecule has 0 amide bonds. The van der Waals surface area contributed by atoms with Gasteiger partial charge < -0.3 is 15.4 Å². The van der Waals surface area contributed by atoms with Crippen LogP contribution in [0.15, 0.2) is 18.2 Å². The molecule has 0 aromatic heterocycles. The summed E-state index contributed by atoms with van der Waals surface area (Å²) in [5.41, 5.74) is 0. The normalized spacial score (nSPS) is 20.8. The zero-order valence-electron chi connectivity index (χ0n) is 8.80. The summed E-state index contributed by atoms with van der Waals surface area (Å²) in [7, 11) is 0. The van der Waals surface area contributed by atoms with Crippen LogP contribution in [0.25, 0.3) is 0 Å². The van der Waals surface area contributed by atoms with Crippen molar-refractivity contribution in [2.75, 3.05) is 26.2 Å². The summed E-state index contributed by atoms with van der Waals surface area (Å²) < 4.78 is 31.6. The van der Waals surface area contributed by atoms with Crippen molar-refractivity contribution >= 4 is 0 Å². The van der Waals surface area contributed by atoms with Crippen LogP contribution in [0.1, 0.15) is 0 Å². The van der Waals surface area contributed by atoms with Crippen molar-refractivity contribution in [3.63, 3.8) is 0 Å². The van der Waals surface area contributed by atoms with E-state index >= 15 is 0 Å². The highest BCUT2D eigenvalue weighted by atomic mass is 19.1. The molecular weight excluding hydrogens is 214 g/mol. The van der Waals surface area contributed by atoms with E-state index in [0.717, 1.165) is 19.6 Å². The highest BCUT2D eigenvalue weighted by Crippen LogP contribution is 2.20. The van der Waals surface area contributed by atoms with Gasteiger partial charge in [0.05, 0.1) is 6.04 Å². The van der Waals surface area contributed by atoms with Crippen LogP contribution < -0.4 is 15.4 Å². The maximum absolute atomic E-state index is 13.2. The van der Waals surface area contributed by atoms with Crippen LogP contribution in [0.4, 0.5) is 8.78 Å². The van der Waals surface area contributed by atoms with E-state index in [1.54, 1.807) is 0 Å². The van der Waals surface area contributed by atoms with Gasteiger partial charge in [-0.1, -0.05) is 6.07 Å². The van der Waals surface area contributed by atoms with E-state index in [9.17, 15) is 8.78 Å². The molecular formula is C11H14F2N2O. The Morgan fingerprint density at radius 3 is 2.62 bits per heavy atom. The van der Waals surface area contributed by atoms with Crippen molar-refractivity contribution in [2.45, 2.75) is 6.04 Å². The Kier molecular flexibility index (Phi) is 3.69. The van der Waals surface area contributed by atoms with Gasteiger partial charge in [0.2, 0.25) is 0 Å². The van der Waals surface area contributed by atoms with Crippen LogP contribution in [0.3, 0.4) is 0 Å². The van der Waals surface area contributed by atoms with E-state index < -0.39 is 11.6 Å². The lowest BCUT2D eigenvalue weighted by molar-refractivity contribution is 0.229. The molecule has 5 heteroatoms. The molecule has 0 spiro atoms. The second-order valence-electron chi connectivity index (χ2n) is 3.72. The lowest BCUT2D eigenvalue weighted by Gasteiger charge is -2.24. The molecule has 0 bridgehead atoms. The molecule has 0 unspecified atom stereocenters. The number of nitrogens with one attached hydrogen (secondary N) is 2. The van der Waals surface area contributed by atoms with Crippen molar-refractivity contribution in [3.8, 4) is 5.75 Å². The minimum atomic E-state index is -0.663. The number of benzene rings is 1. The summed E-state index contributed by atoms with van der Waals surface area (Å²) in [6.07, 6.45) is 0. The van der Waals surface area contributed by atoms with Crippen LogP contribution in [0, 0.1) is 11.6 Å². The molecule has 3 nitrogen and oxygen atoms in total. The molecule has 2 N–H and O–H groups in total. The van der Waals surface area contributed by atoms with Gasteiger partial charge in [0.15, 0.2) is 17.4 Å². The van der Waals surface area contributed by atoms with Gasteiger partial charge in [0.25, 0.3) is 0 Å². The van der Waals surface area contributed by atoms with Crippen LogP contribution >= 0.6 is 0 Å². The van der Waals surface area contributed by atoms with Gasteiger partial charge >= 0.3 is 0 Å². The Morgan fingerprint density at radius 2 is 2.00 bits per heavy atom. The van der Waals surface area contributed by atoms with E-state index in [0.29, 0.717) is 0 Å². The minimum Gasteiger partial charge on any atom is -0.486 e. The third kappa shape index (κ3) is 2.68. The molecule has 1 aromatic carbocycles. The van der Waals surface area contributed by atoms with Gasteiger partial charge in [0.1, 0.15) is 6.61 Å². The monoisotopic (exact) mass is 228 g/mol. The Labute approximate surface area is 92.8 Å². The number of para-hydroxylation sites is 1. The first-order chi connectivity index (χ1) is 7.77. The molecule has 1 saturated heterocycles. The third-order valence-electron chi connectivity index (χ3n) is 2.47. The first-order valence-electron chi connectivity index (χ1n) is 5.28. The molecule has 1 atom stereocenters. The lowest BCUT2D eigenvalue weighted by atomic mass is 10.2. The summed E-state index contributed by atoms with van der Waals surface area (Å²) in [4.78, 5) is 0. The summed E-state index contributed by atoms with van der Waals surface area (Å²) in [5, 5.41) is 6.37. The summed E-state index contributed by atoms with van der Waals surface area (Å²) in [6, 6.07) is 3.78. The Hall–Kier alpha value is -1.20. The van der Waals surface area contributed by atoms with Gasteiger partial charge in [-0.2, -0.15) is 0 Å². The number of hydrogen-bond donors (Lipinski definition) is 2. The highest BCUT2D eigenvalue weighted by molar-refractivity contribution is 5.26. The van der Waals surface area contributed by atoms with E-state index in [2.05, 4.69) is 10.6 Å². The third-order valence-corrected chi connectivity index (χ3v) is 2.47. The van der Waals surface area contributed by atoms with Gasteiger partial charge in [-0.15, -0.1) is 0 Å². The van der Waals surface area contributed by atoms with E-state index in [-0.39, 0.29) is 18.4 Å². The van der Waals surface area contributed by atoms with Crippen LogP contribution in [-0.2, 0) is 0 Å². The summed E-state index contributed by atoms with van der Waals surface area (Å²) in [5.74, 6) is -1.62. The molecule has 0 aliphatic carbocycles. The second-order valence-corrected chi connectivity index (χ2v) is 3.72. The Morgan fingerprint density at radius 1 is 1.25 bits per heavy atom. The standard InChI is InChI=1S/C11H14F2N2O/c12-9-2-1-3-10(13)11(9)16-7-8-6-14-4-5-15-8/h1-3,8,14-15H,4-7H2/t8-/m0/s1. The minimum absolute atomic E-state index is 0.0905. The zero-order valence-corrected chi connectivity index (χ0v) is 8.80. The molecule has 1 aliphatic heterocycles. The number of halogens is 2. The van der Waals surface area contributed by atoms with Crippen LogP contribution in [0.5, 0.6) is 5.75 Å². The summed E-state index contributed by atoms with van der Waals surface area (Å²) >= 11 is 0. The zero-order chi connectivity index (χ0) is 11.4. The van der Waals surface area contributed by atoms with E-state index in [1.807, 2.05) is 0 Å². The number of hydrogen-bond acceptors (Lipinski definition) is 3. The fourth-order valence-electron chi connectivity index (χ4n) is 1.64. The molecule has 0 saturated carbocycles. The van der Waals surface area contributed by atoms with E-state index in [1.165, 1.54) is 18.2 Å². The SMILES string of the molecule is Fc1cccc(F)c1OC[C@@H]1CNCCN1. The molecule has 1 fully saturated rings. The smallest absolute Gasteiger partial charge is 0.190 e. The average molecular weight is 228 g/mol. The largest absolute Gasteiger partial charge is 0.486 e. The molecule has 88 valence electrons. The maximum atomic E-state index is 13.2. The van der Waals surface area contributed by atoms with Crippen LogP contribution in [0.2, 0.25) is 0 Å². The predicted molar refractivity (Wildman–Crippen MR) is 56.5 cm³/mol. The molecule has 0 radical (unpaired) electrons. The van der Waals surface area contributed by atoms with Gasteiger partial charge in [-0.05, 0) is 12.1 Å². The Balaban J connectivity index is 1.93. The second kappa shape index (κ2) is 5.23. The quantitative estimate of drug-likeness (QED) is 0.806. The molecule has 2 rings (SSSR count). The number of ether oxygens (including phenoxy) is 1. The highest BCUT2D eigenvalue weighted by Gasteiger charge is 2.15. The molecule has 1 aliphatic rings. The van der Waals surface area contributed by atoms with Crippen molar-refractivity contribution in [1.29, 1.82) is 0 Å². The first kappa shape index (κ1) is 11.3. The number of piperazine rings is 1. The van der Waals surface area contributed by atoms with Gasteiger partial charge in [0, 0.05) is 19.6 Å². The lowest BCUT2D eigenvalue weighted by Crippen LogP contribution is -2.51. The van der Waals surface area contributed by atoms with Crippen molar-refractivity contribution in [1.82, 2.24) is 10.6 Å². The van der Waals surface area contributed by atoms with Gasteiger partial charge in [-0.25, -0.2) is 8.78 Å². The molecule has 1 aromatic rings.